The number of aliphatic hydroxyl groups excluding tert-OH is 4. The van der Waals surface area contributed by atoms with E-state index in [1.807, 2.05) is 0 Å². The molecule has 0 bridgehead atoms. The Kier molecular flexibility index (Phi) is 5.76. The van der Waals surface area contributed by atoms with Gasteiger partial charge in [0.05, 0.1) is 12.6 Å². The predicted octanol–water partition coefficient (Wildman–Crippen LogP) is -3.15. The molecule has 0 spiro atoms. The van der Waals surface area contributed by atoms with E-state index in [9.17, 15) is 9.90 Å². The lowest BCUT2D eigenvalue weighted by atomic mass is 10.0. The first-order chi connectivity index (χ1) is 6.08. The molecular formula is C7H15NO5. The summed E-state index contributed by atoms with van der Waals surface area (Å²) >= 11 is 0. The molecule has 0 heterocycles. The largest absolute Gasteiger partial charge is 0.394 e. The summed E-state index contributed by atoms with van der Waals surface area (Å²) in [5.74, 6) is 0. The van der Waals surface area contributed by atoms with Crippen molar-refractivity contribution in [2.75, 3.05) is 13.7 Å². The highest BCUT2D eigenvalue weighted by atomic mass is 16.4. The van der Waals surface area contributed by atoms with Crippen molar-refractivity contribution in [3.63, 3.8) is 0 Å². The van der Waals surface area contributed by atoms with Crippen LogP contribution in [0.3, 0.4) is 0 Å². The molecule has 6 nitrogen and oxygen atoms in total. The zero-order valence-corrected chi connectivity index (χ0v) is 7.29. The zero-order chi connectivity index (χ0) is 10.4. The number of carbonyl (C=O) groups is 1. The highest BCUT2D eigenvalue weighted by Gasteiger charge is 2.29. The maximum Gasteiger partial charge on any atom is 0.139 e. The summed E-state index contributed by atoms with van der Waals surface area (Å²) in [5.41, 5.74) is 0. The van der Waals surface area contributed by atoms with E-state index in [-0.39, 0.29) is 0 Å². The van der Waals surface area contributed by atoms with Gasteiger partial charge in [0.1, 0.15) is 24.6 Å². The van der Waals surface area contributed by atoms with Gasteiger partial charge in [-0.05, 0) is 7.05 Å². The molecule has 0 unspecified atom stereocenters. The van der Waals surface area contributed by atoms with Crippen LogP contribution in [0.1, 0.15) is 0 Å². The molecule has 0 saturated carbocycles. The number of rotatable bonds is 6. The van der Waals surface area contributed by atoms with E-state index in [1.54, 1.807) is 0 Å². The Labute approximate surface area is 75.8 Å². The van der Waals surface area contributed by atoms with Crippen LogP contribution in [0.2, 0.25) is 0 Å². The van der Waals surface area contributed by atoms with Gasteiger partial charge in [0.15, 0.2) is 0 Å². The van der Waals surface area contributed by atoms with Gasteiger partial charge in [-0.1, -0.05) is 0 Å². The molecule has 78 valence electrons. The highest BCUT2D eigenvalue weighted by Crippen LogP contribution is 2.03. The highest BCUT2D eigenvalue weighted by molar-refractivity contribution is 5.58. The third-order valence-electron chi connectivity index (χ3n) is 1.78. The van der Waals surface area contributed by atoms with Gasteiger partial charge in [-0.15, -0.1) is 0 Å². The number of carbonyl (C=O) groups excluding carboxylic acids is 1. The lowest BCUT2D eigenvalue weighted by molar-refractivity contribution is -0.119. The van der Waals surface area contributed by atoms with Gasteiger partial charge in [-0.25, -0.2) is 0 Å². The van der Waals surface area contributed by atoms with Crippen molar-refractivity contribution in [2.45, 2.75) is 24.4 Å². The van der Waals surface area contributed by atoms with Crippen LogP contribution >= 0.6 is 0 Å². The summed E-state index contributed by atoms with van der Waals surface area (Å²) in [4.78, 5) is 10.3. The lowest BCUT2D eigenvalue weighted by Crippen LogP contribution is -2.51. The Bertz CT molecular complexity index is 154. The van der Waals surface area contributed by atoms with Gasteiger partial charge < -0.3 is 30.5 Å². The van der Waals surface area contributed by atoms with Crippen LogP contribution in [-0.4, -0.2) is 64.7 Å². The number of nitrogens with one attached hydrogen (secondary N) is 1. The minimum atomic E-state index is -1.55. The van der Waals surface area contributed by atoms with Crippen LogP contribution in [0.4, 0.5) is 0 Å². The molecule has 0 saturated heterocycles. The normalized spacial score (nSPS) is 20.4. The molecule has 0 rings (SSSR count). The SMILES string of the molecule is CN[C@@H](C=O)[C@H](O)[C@H](O)[C@H](O)CO. The summed E-state index contributed by atoms with van der Waals surface area (Å²) in [6.07, 6.45) is -4.03. The fraction of sp³-hybridized carbons (Fsp3) is 0.857. The fourth-order valence-corrected chi connectivity index (χ4v) is 0.867. The smallest absolute Gasteiger partial charge is 0.139 e. The molecular weight excluding hydrogens is 178 g/mol. The monoisotopic (exact) mass is 193 g/mol. The molecule has 6 heteroatoms. The number of likely N-dealkylation sites (N-methyl/N-ethyl adjacent to an activating group) is 1. The van der Waals surface area contributed by atoms with E-state index in [0.717, 1.165) is 0 Å². The molecule has 5 N–H and O–H groups in total. The molecule has 0 fully saturated rings. The molecule has 0 aliphatic heterocycles. The first kappa shape index (κ1) is 12.5. The molecule has 0 radical (unpaired) electrons. The van der Waals surface area contributed by atoms with Crippen LogP contribution < -0.4 is 5.32 Å². The minimum Gasteiger partial charge on any atom is -0.394 e. The Hall–Kier alpha value is -0.530. The molecule has 0 amide bonds. The van der Waals surface area contributed by atoms with Crippen LogP contribution in [0.15, 0.2) is 0 Å². The van der Waals surface area contributed by atoms with E-state index in [2.05, 4.69) is 5.32 Å². The Balaban J connectivity index is 4.21. The average molecular weight is 193 g/mol. The third-order valence-corrected chi connectivity index (χ3v) is 1.78. The van der Waals surface area contributed by atoms with Crippen molar-refractivity contribution in [3.8, 4) is 0 Å². The number of hydrogen-bond donors (Lipinski definition) is 5. The standard InChI is InChI=1S/C7H15NO5/c1-8-4(2-9)6(12)7(13)5(11)3-10/h2,4-8,10-13H,3H2,1H3/t4-,5+,6-,7+/m0/s1. The topological polar surface area (TPSA) is 110 Å². The van der Waals surface area contributed by atoms with Gasteiger partial charge >= 0.3 is 0 Å². The molecule has 4 atom stereocenters. The summed E-state index contributed by atoms with van der Waals surface area (Å²) in [5, 5.41) is 38.2. The molecule has 0 aromatic heterocycles. The van der Waals surface area contributed by atoms with Crippen molar-refractivity contribution in [1.29, 1.82) is 0 Å². The van der Waals surface area contributed by atoms with E-state index in [4.69, 9.17) is 15.3 Å². The van der Waals surface area contributed by atoms with Crippen LogP contribution in [0.25, 0.3) is 0 Å². The van der Waals surface area contributed by atoms with Crippen molar-refractivity contribution in [3.05, 3.63) is 0 Å². The lowest BCUT2D eigenvalue weighted by Gasteiger charge is -2.25. The van der Waals surface area contributed by atoms with Gasteiger partial charge in [0.2, 0.25) is 0 Å². The van der Waals surface area contributed by atoms with E-state index >= 15 is 0 Å². The fourth-order valence-electron chi connectivity index (χ4n) is 0.867. The first-order valence-electron chi connectivity index (χ1n) is 3.86. The summed E-state index contributed by atoms with van der Waals surface area (Å²) in [7, 11) is 1.43. The Morgan fingerprint density at radius 2 is 1.85 bits per heavy atom. The van der Waals surface area contributed by atoms with E-state index < -0.39 is 31.0 Å². The second kappa shape index (κ2) is 6.01. The van der Waals surface area contributed by atoms with Crippen LogP contribution in [0.5, 0.6) is 0 Å². The molecule has 0 aliphatic carbocycles. The van der Waals surface area contributed by atoms with Gasteiger partial charge in [0.25, 0.3) is 0 Å². The second-order valence-electron chi connectivity index (χ2n) is 2.68. The van der Waals surface area contributed by atoms with Crippen molar-refractivity contribution in [2.24, 2.45) is 0 Å². The predicted molar refractivity (Wildman–Crippen MR) is 44.0 cm³/mol. The van der Waals surface area contributed by atoms with Crippen LogP contribution in [0, 0.1) is 0 Å². The zero-order valence-electron chi connectivity index (χ0n) is 7.29. The number of hydrogen-bond acceptors (Lipinski definition) is 6. The van der Waals surface area contributed by atoms with Crippen molar-refractivity contribution < 1.29 is 25.2 Å². The second-order valence-corrected chi connectivity index (χ2v) is 2.68. The van der Waals surface area contributed by atoms with Crippen LogP contribution in [-0.2, 0) is 4.79 Å². The van der Waals surface area contributed by atoms with Gasteiger partial charge in [0, 0.05) is 0 Å². The Morgan fingerprint density at radius 3 is 2.15 bits per heavy atom. The van der Waals surface area contributed by atoms with E-state index in [0.29, 0.717) is 6.29 Å². The summed E-state index contributed by atoms with van der Waals surface area (Å²) in [6, 6.07) is -0.962. The number of aldehydes is 1. The molecule has 13 heavy (non-hydrogen) atoms. The molecule has 0 aliphatic rings. The first-order valence-corrected chi connectivity index (χ1v) is 3.86. The summed E-state index contributed by atoms with van der Waals surface area (Å²) < 4.78 is 0. The quantitative estimate of drug-likeness (QED) is 0.285. The van der Waals surface area contributed by atoms with Crippen molar-refractivity contribution >= 4 is 6.29 Å². The molecule has 0 aromatic carbocycles. The van der Waals surface area contributed by atoms with E-state index in [1.165, 1.54) is 7.05 Å². The van der Waals surface area contributed by atoms with Gasteiger partial charge in [-0.3, -0.25) is 0 Å². The van der Waals surface area contributed by atoms with Crippen molar-refractivity contribution in [1.82, 2.24) is 5.32 Å². The number of aliphatic hydroxyl groups is 4. The third kappa shape index (κ3) is 3.37. The summed E-state index contributed by atoms with van der Waals surface area (Å²) in [6.45, 7) is -0.673. The average Bonchev–Trinajstić information content (AvgIpc) is 2.17. The van der Waals surface area contributed by atoms with Gasteiger partial charge in [-0.2, -0.15) is 0 Å². The minimum absolute atomic E-state index is 0.415. The molecule has 0 aromatic rings. The Morgan fingerprint density at radius 1 is 1.31 bits per heavy atom. The maximum absolute atomic E-state index is 10.3. The maximum atomic E-state index is 10.3.